The number of anilines is 1. The summed E-state index contributed by atoms with van der Waals surface area (Å²) in [6.45, 7) is 2.29. The molecule has 0 bridgehead atoms. The third-order valence-corrected chi connectivity index (χ3v) is 6.34. The first-order valence-electron chi connectivity index (χ1n) is 10.8. The number of azo groups is 1. The van der Waals surface area contributed by atoms with Crippen LogP contribution in [0.4, 0.5) is 17.1 Å². The molecular formula is C26H22N3NaO5S. The quantitative estimate of drug-likeness (QED) is 0.162. The molecule has 0 saturated carbocycles. The van der Waals surface area contributed by atoms with Gasteiger partial charge in [-0.05, 0) is 36.8 Å². The Hall–Kier alpha value is -3.08. The van der Waals surface area contributed by atoms with Gasteiger partial charge in [-0.2, -0.15) is 5.11 Å². The molecule has 0 atom stereocenters. The maximum absolute atomic E-state index is 12.2. The summed E-state index contributed by atoms with van der Waals surface area (Å²) in [7, 11) is -4.79. The molecule has 4 aromatic rings. The van der Waals surface area contributed by atoms with Gasteiger partial charge in [-0.15, -0.1) is 5.11 Å². The Balaban J connectivity index is 0.00000361. The van der Waals surface area contributed by atoms with E-state index in [1.165, 1.54) is 12.1 Å². The average Bonchev–Trinajstić information content (AvgIpc) is 2.84. The maximum atomic E-state index is 12.2. The molecule has 0 fully saturated rings. The number of phenolic OH excluding ortho intramolecular Hbond substituents is 1. The fraction of sp³-hybridized carbons (Fsp3) is 0.115. The first-order valence-corrected chi connectivity index (χ1v) is 12.2. The second kappa shape index (κ2) is 11.8. The van der Waals surface area contributed by atoms with Gasteiger partial charge in [0.25, 0.3) is 0 Å². The monoisotopic (exact) mass is 511 g/mol. The summed E-state index contributed by atoms with van der Waals surface area (Å²) in [4.78, 5) is 11.8. The molecule has 4 rings (SSSR count). The average molecular weight is 512 g/mol. The Morgan fingerprint density at radius 2 is 1.56 bits per heavy atom. The van der Waals surface area contributed by atoms with Crippen molar-refractivity contribution in [1.82, 2.24) is 0 Å². The normalized spacial score (nSPS) is 11.4. The Labute approximate surface area is 231 Å². The number of carbonyl (C=O) groups is 1. The van der Waals surface area contributed by atoms with Crippen LogP contribution in [0.15, 0.2) is 94.0 Å². The molecule has 0 heterocycles. The van der Waals surface area contributed by atoms with Crippen molar-refractivity contribution in [2.75, 3.05) is 11.9 Å². The van der Waals surface area contributed by atoms with Crippen LogP contribution in [-0.4, -0.2) is 30.4 Å². The van der Waals surface area contributed by atoms with Crippen LogP contribution < -0.4 is 34.9 Å². The van der Waals surface area contributed by atoms with Gasteiger partial charge >= 0.3 is 29.6 Å². The van der Waals surface area contributed by atoms with E-state index < -0.39 is 15.0 Å². The Kier molecular flexibility index (Phi) is 8.99. The van der Waals surface area contributed by atoms with Gasteiger partial charge in [-0.3, -0.25) is 4.79 Å². The molecule has 0 spiro atoms. The van der Waals surface area contributed by atoms with Gasteiger partial charge in [0, 0.05) is 35.0 Å². The van der Waals surface area contributed by atoms with Crippen LogP contribution in [-0.2, 0) is 10.1 Å². The number of ketones is 1. The van der Waals surface area contributed by atoms with Crippen molar-refractivity contribution in [3.8, 4) is 5.75 Å². The maximum Gasteiger partial charge on any atom is 1.00 e. The fourth-order valence-electron chi connectivity index (χ4n) is 3.67. The van der Waals surface area contributed by atoms with E-state index in [-0.39, 0.29) is 57.5 Å². The Morgan fingerprint density at radius 1 is 0.917 bits per heavy atom. The van der Waals surface area contributed by atoms with Crippen LogP contribution >= 0.6 is 0 Å². The van der Waals surface area contributed by atoms with E-state index in [0.29, 0.717) is 24.2 Å². The molecule has 178 valence electrons. The van der Waals surface area contributed by atoms with E-state index in [4.69, 9.17) is 0 Å². The second-order valence-electron chi connectivity index (χ2n) is 7.91. The minimum absolute atomic E-state index is 0. The topological polar surface area (TPSA) is 131 Å². The minimum Gasteiger partial charge on any atom is -0.744 e. The van der Waals surface area contributed by atoms with Gasteiger partial charge in [-0.25, -0.2) is 8.42 Å². The molecule has 2 N–H and O–H groups in total. The van der Waals surface area contributed by atoms with Crippen LogP contribution in [0.2, 0.25) is 0 Å². The smallest absolute Gasteiger partial charge is 0.744 e. The SMILES string of the molecule is Cc1cc(NCCC(=O)c2ccccc2)ccc1N=Nc1cc(S(=O)(=O)[O-])c2ccccc2c1O.[Na+]. The van der Waals surface area contributed by atoms with Crippen LogP contribution in [0.5, 0.6) is 5.75 Å². The Bertz CT molecular complexity index is 1540. The standard InChI is InChI=1S/C26H23N3O5S.Na/c1-17-15-19(27-14-13-24(30)18-7-3-2-4-8-18)11-12-22(17)28-29-23-16-25(35(32,33)34)20-9-5-6-10-21(20)26(23)31;/h2-12,15-16,27,31H,13-14H2,1H3,(H,32,33,34);/q;+1/p-1. The van der Waals surface area contributed by atoms with Crippen molar-refractivity contribution < 1.29 is 52.4 Å². The third kappa shape index (κ3) is 6.37. The molecule has 36 heavy (non-hydrogen) atoms. The predicted octanol–water partition coefficient (Wildman–Crippen LogP) is 2.86. The largest absolute Gasteiger partial charge is 1.00 e. The van der Waals surface area contributed by atoms with Crippen LogP contribution in [0.3, 0.4) is 0 Å². The van der Waals surface area contributed by atoms with Crippen LogP contribution in [0, 0.1) is 6.92 Å². The fourth-order valence-corrected chi connectivity index (χ4v) is 4.37. The van der Waals surface area contributed by atoms with Crippen LogP contribution in [0.1, 0.15) is 22.3 Å². The Morgan fingerprint density at radius 3 is 2.22 bits per heavy atom. The van der Waals surface area contributed by atoms with E-state index in [1.54, 1.807) is 36.4 Å². The van der Waals surface area contributed by atoms with Gasteiger partial charge in [-0.1, -0.05) is 54.6 Å². The molecule has 0 aromatic heterocycles. The van der Waals surface area contributed by atoms with E-state index in [9.17, 15) is 22.9 Å². The number of benzene rings is 4. The number of nitrogens with zero attached hydrogens (tertiary/aromatic N) is 2. The van der Waals surface area contributed by atoms with Gasteiger partial charge in [0.15, 0.2) is 11.5 Å². The molecule has 8 nitrogen and oxygen atoms in total. The van der Waals surface area contributed by atoms with Crippen molar-refractivity contribution >= 4 is 43.7 Å². The third-order valence-electron chi connectivity index (χ3n) is 5.47. The molecule has 4 aromatic carbocycles. The van der Waals surface area contributed by atoms with E-state index in [0.717, 1.165) is 17.3 Å². The molecule has 10 heteroatoms. The van der Waals surface area contributed by atoms with E-state index in [2.05, 4.69) is 15.5 Å². The number of aromatic hydroxyl groups is 1. The first kappa shape index (κ1) is 27.5. The molecule has 0 radical (unpaired) electrons. The van der Waals surface area contributed by atoms with Gasteiger partial charge in [0.1, 0.15) is 15.8 Å². The van der Waals surface area contributed by atoms with E-state index in [1.807, 2.05) is 31.2 Å². The zero-order chi connectivity index (χ0) is 25.0. The van der Waals surface area contributed by atoms with Gasteiger partial charge in [0.2, 0.25) is 0 Å². The summed E-state index contributed by atoms with van der Waals surface area (Å²) < 4.78 is 35.2. The van der Waals surface area contributed by atoms with E-state index >= 15 is 0 Å². The first-order chi connectivity index (χ1) is 16.7. The van der Waals surface area contributed by atoms with Gasteiger partial charge < -0.3 is 15.0 Å². The molecular weight excluding hydrogens is 489 g/mol. The summed E-state index contributed by atoms with van der Waals surface area (Å²) in [5.74, 6) is -0.217. The molecule has 0 unspecified atom stereocenters. The number of rotatable bonds is 8. The number of aryl methyl sites for hydroxylation is 1. The molecule has 0 aliphatic heterocycles. The number of carbonyl (C=O) groups excluding carboxylic acids is 1. The predicted molar refractivity (Wildman–Crippen MR) is 133 cm³/mol. The van der Waals surface area contributed by atoms with Crippen molar-refractivity contribution in [3.63, 3.8) is 0 Å². The number of fused-ring (bicyclic) bond motifs is 1. The molecule has 0 aliphatic rings. The number of hydrogen-bond acceptors (Lipinski definition) is 8. The van der Waals surface area contributed by atoms with Gasteiger partial charge in [0.05, 0.1) is 10.6 Å². The zero-order valence-corrected chi connectivity index (χ0v) is 22.6. The number of nitrogens with one attached hydrogen (secondary N) is 1. The molecule has 0 aliphatic carbocycles. The number of hydrogen-bond donors (Lipinski definition) is 2. The van der Waals surface area contributed by atoms with Crippen molar-refractivity contribution in [3.05, 3.63) is 90.0 Å². The number of phenols is 1. The summed E-state index contributed by atoms with van der Waals surface area (Å²) in [5.41, 5.74) is 2.61. The van der Waals surface area contributed by atoms with Crippen LogP contribution in [0.25, 0.3) is 10.8 Å². The minimum atomic E-state index is -4.79. The van der Waals surface area contributed by atoms with Crippen molar-refractivity contribution in [2.24, 2.45) is 10.2 Å². The summed E-state index contributed by atoms with van der Waals surface area (Å²) in [6, 6.07) is 21.6. The van der Waals surface area contributed by atoms with Crippen molar-refractivity contribution in [1.29, 1.82) is 0 Å². The number of Topliss-reactive ketones (excluding diaryl/α,β-unsaturated/α-hetero) is 1. The summed E-state index contributed by atoms with van der Waals surface area (Å²) in [6.07, 6.45) is 0.344. The zero-order valence-electron chi connectivity index (χ0n) is 19.8. The molecule has 0 amide bonds. The second-order valence-corrected chi connectivity index (χ2v) is 9.26. The molecule has 0 saturated heterocycles. The summed E-state index contributed by atoms with van der Waals surface area (Å²) in [5, 5.41) is 22.2. The van der Waals surface area contributed by atoms with Crippen molar-refractivity contribution in [2.45, 2.75) is 18.2 Å². The summed E-state index contributed by atoms with van der Waals surface area (Å²) >= 11 is 0.